The Balaban J connectivity index is 2.71. The van der Waals surface area contributed by atoms with Gasteiger partial charge in [0.2, 0.25) is 0 Å². The van der Waals surface area contributed by atoms with Crippen LogP contribution in [0.15, 0.2) is 18.2 Å². The number of fused-ring (bicyclic) bond motifs is 1. The minimum absolute atomic E-state index is 0.0734. The van der Waals surface area contributed by atoms with E-state index in [-0.39, 0.29) is 5.13 Å². The molecule has 0 bridgehead atoms. The zero-order valence-electron chi connectivity index (χ0n) is 8.13. The molecule has 0 fully saturated rings. The molecule has 0 radical (unpaired) electrons. The van der Waals surface area contributed by atoms with E-state index in [2.05, 4.69) is 0 Å². The molecule has 0 aliphatic carbocycles. The van der Waals surface area contributed by atoms with E-state index in [9.17, 15) is 4.39 Å². The maximum atomic E-state index is 13.4. The smallest absolute Gasteiger partial charge is 0.180 e. The average Bonchev–Trinajstić information content (AvgIpc) is 2.52. The fourth-order valence-electron chi connectivity index (χ4n) is 1.55. The van der Waals surface area contributed by atoms with E-state index in [1.54, 1.807) is 7.11 Å². The summed E-state index contributed by atoms with van der Waals surface area (Å²) in [5.74, 6) is 0.782. The van der Waals surface area contributed by atoms with Gasteiger partial charge in [-0.25, -0.2) is 0 Å². The molecule has 0 saturated carbocycles. The van der Waals surface area contributed by atoms with E-state index in [1.165, 1.54) is 11.3 Å². The Labute approximate surface area is 86.1 Å². The molecule has 3 heteroatoms. The number of halogens is 1. The van der Waals surface area contributed by atoms with Gasteiger partial charge >= 0.3 is 0 Å². The maximum absolute atomic E-state index is 13.4. The molecule has 14 heavy (non-hydrogen) atoms. The van der Waals surface area contributed by atoms with Crippen molar-refractivity contribution in [1.82, 2.24) is 0 Å². The molecule has 0 unspecified atom stereocenters. The van der Waals surface area contributed by atoms with Crippen molar-refractivity contribution in [2.24, 2.45) is 0 Å². The highest BCUT2D eigenvalue weighted by Gasteiger charge is 2.10. The molecule has 0 aliphatic rings. The van der Waals surface area contributed by atoms with E-state index in [4.69, 9.17) is 4.74 Å². The van der Waals surface area contributed by atoms with Crippen LogP contribution >= 0.6 is 11.3 Å². The van der Waals surface area contributed by atoms with E-state index < -0.39 is 0 Å². The summed E-state index contributed by atoms with van der Waals surface area (Å²) in [5, 5.41) is 0.908. The second-order valence-corrected chi connectivity index (χ2v) is 4.07. The fourth-order valence-corrected chi connectivity index (χ4v) is 2.55. The summed E-state index contributed by atoms with van der Waals surface area (Å²) in [6, 6.07) is 5.66. The van der Waals surface area contributed by atoms with Gasteiger partial charge in [0.1, 0.15) is 5.75 Å². The van der Waals surface area contributed by atoms with Crippen LogP contribution in [0.1, 0.15) is 12.5 Å². The lowest BCUT2D eigenvalue weighted by Gasteiger charge is -1.99. The zero-order chi connectivity index (χ0) is 10.1. The van der Waals surface area contributed by atoms with Crippen LogP contribution in [0.2, 0.25) is 0 Å². The Hall–Kier alpha value is -1.09. The van der Waals surface area contributed by atoms with Crippen LogP contribution in [-0.4, -0.2) is 7.11 Å². The summed E-state index contributed by atoms with van der Waals surface area (Å²) in [6.07, 6.45) is 0.721. The quantitative estimate of drug-likeness (QED) is 0.735. The molecule has 0 spiro atoms. The number of ether oxygens (including phenoxy) is 1. The molecular weight excluding hydrogens is 199 g/mol. The van der Waals surface area contributed by atoms with Gasteiger partial charge < -0.3 is 4.74 Å². The molecular formula is C11H11FOS. The van der Waals surface area contributed by atoms with Crippen molar-refractivity contribution in [3.8, 4) is 5.75 Å². The topological polar surface area (TPSA) is 9.23 Å². The van der Waals surface area contributed by atoms with E-state index in [0.29, 0.717) is 0 Å². The first kappa shape index (κ1) is 9.46. The Morgan fingerprint density at radius 1 is 1.43 bits per heavy atom. The molecule has 2 aromatic rings. The molecule has 2 rings (SSSR count). The van der Waals surface area contributed by atoms with Gasteiger partial charge in [0, 0.05) is 15.6 Å². The predicted octanol–water partition coefficient (Wildman–Crippen LogP) is 3.61. The molecule has 0 amide bonds. The lowest BCUT2D eigenvalue weighted by molar-refractivity contribution is 0.415. The predicted molar refractivity (Wildman–Crippen MR) is 57.7 cm³/mol. The minimum Gasteiger partial charge on any atom is -0.497 e. The second kappa shape index (κ2) is 3.58. The van der Waals surface area contributed by atoms with Gasteiger partial charge in [-0.05, 0) is 24.6 Å². The van der Waals surface area contributed by atoms with Crippen molar-refractivity contribution in [3.05, 3.63) is 28.9 Å². The second-order valence-electron chi connectivity index (χ2n) is 3.07. The monoisotopic (exact) mass is 210 g/mol. The summed E-state index contributed by atoms with van der Waals surface area (Å²) < 4.78 is 19.5. The summed E-state index contributed by atoms with van der Waals surface area (Å²) in [4.78, 5) is 0. The van der Waals surface area contributed by atoms with Crippen molar-refractivity contribution < 1.29 is 9.13 Å². The molecule has 0 atom stereocenters. The van der Waals surface area contributed by atoms with Gasteiger partial charge in [0.05, 0.1) is 7.11 Å². The van der Waals surface area contributed by atoms with Crippen LogP contribution in [0.25, 0.3) is 10.1 Å². The summed E-state index contributed by atoms with van der Waals surface area (Å²) in [6.45, 7) is 1.96. The van der Waals surface area contributed by atoms with Crippen LogP contribution in [0.3, 0.4) is 0 Å². The number of methoxy groups -OCH3 is 1. The first-order chi connectivity index (χ1) is 6.76. The lowest BCUT2D eigenvalue weighted by atomic mass is 10.1. The fraction of sp³-hybridized carbons (Fsp3) is 0.273. The van der Waals surface area contributed by atoms with Crippen LogP contribution in [0, 0.1) is 5.13 Å². The highest BCUT2D eigenvalue weighted by Crippen LogP contribution is 2.32. The number of rotatable bonds is 2. The normalized spacial score (nSPS) is 10.8. The number of aryl methyl sites for hydroxylation is 1. The SMILES string of the molecule is CCc1c(F)sc2ccc(OC)cc12. The lowest BCUT2D eigenvalue weighted by Crippen LogP contribution is -1.83. The standard InChI is InChI=1S/C11H11FOS/c1-3-8-9-6-7(13-2)4-5-10(9)14-11(8)12/h4-6H,3H2,1-2H3. The molecule has 0 aliphatic heterocycles. The van der Waals surface area contributed by atoms with Crippen molar-refractivity contribution in [2.45, 2.75) is 13.3 Å². The van der Waals surface area contributed by atoms with Gasteiger partial charge in [-0.1, -0.05) is 6.92 Å². The van der Waals surface area contributed by atoms with Crippen molar-refractivity contribution in [2.75, 3.05) is 7.11 Å². The number of hydrogen-bond acceptors (Lipinski definition) is 2. The molecule has 1 heterocycles. The van der Waals surface area contributed by atoms with Gasteiger partial charge in [0.25, 0.3) is 0 Å². The van der Waals surface area contributed by atoms with Crippen LogP contribution in [0.5, 0.6) is 5.75 Å². The first-order valence-corrected chi connectivity index (χ1v) is 5.32. The number of hydrogen-bond donors (Lipinski definition) is 0. The third-order valence-electron chi connectivity index (χ3n) is 2.30. The maximum Gasteiger partial charge on any atom is 0.180 e. The summed E-state index contributed by atoms with van der Waals surface area (Å²) in [5.41, 5.74) is 0.795. The van der Waals surface area contributed by atoms with E-state index in [0.717, 1.165) is 27.8 Å². The van der Waals surface area contributed by atoms with Crippen LogP contribution in [-0.2, 0) is 6.42 Å². The molecule has 74 valence electrons. The Morgan fingerprint density at radius 3 is 2.86 bits per heavy atom. The minimum atomic E-state index is -0.0734. The summed E-state index contributed by atoms with van der Waals surface area (Å²) >= 11 is 1.20. The Kier molecular flexibility index (Phi) is 2.42. The highest BCUT2D eigenvalue weighted by atomic mass is 32.1. The van der Waals surface area contributed by atoms with Crippen molar-refractivity contribution >= 4 is 21.4 Å². The van der Waals surface area contributed by atoms with Crippen LogP contribution in [0.4, 0.5) is 4.39 Å². The average molecular weight is 210 g/mol. The van der Waals surface area contributed by atoms with E-state index >= 15 is 0 Å². The van der Waals surface area contributed by atoms with Gasteiger partial charge in [0.15, 0.2) is 5.13 Å². The zero-order valence-corrected chi connectivity index (χ0v) is 8.95. The van der Waals surface area contributed by atoms with Crippen molar-refractivity contribution in [1.29, 1.82) is 0 Å². The van der Waals surface area contributed by atoms with Gasteiger partial charge in [-0.15, -0.1) is 11.3 Å². The van der Waals surface area contributed by atoms with E-state index in [1.807, 2.05) is 25.1 Å². The summed E-state index contributed by atoms with van der Waals surface area (Å²) in [7, 11) is 1.62. The van der Waals surface area contributed by atoms with Gasteiger partial charge in [-0.2, -0.15) is 4.39 Å². The number of thiophene rings is 1. The van der Waals surface area contributed by atoms with Gasteiger partial charge in [-0.3, -0.25) is 0 Å². The molecule has 0 N–H and O–H groups in total. The third kappa shape index (κ3) is 1.38. The molecule has 1 nitrogen and oxygen atoms in total. The highest BCUT2D eigenvalue weighted by molar-refractivity contribution is 7.17. The molecule has 0 saturated heterocycles. The Bertz CT molecular complexity index is 462. The van der Waals surface area contributed by atoms with Crippen molar-refractivity contribution in [3.63, 3.8) is 0 Å². The molecule has 1 aromatic carbocycles. The Morgan fingerprint density at radius 2 is 2.21 bits per heavy atom. The number of benzene rings is 1. The molecule has 1 aromatic heterocycles. The first-order valence-electron chi connectivity index (χ1n) is 4.51. The third-order valence-corrected chi connectivity index (χ3v) is 3.30. The largest absolute Gasteiger partial charge is 0.497 e. The van der Waals surface area contributed by atoms with Crippen LogP contribution < -0.4 is 4.74 Å².